The highest BCUT2D eigenvalue weighted by Crippen LogP contribution is 2.26. The molecule has 1 fully saturated rings. The van der Waals surface area contributed by atoms with E-state index in [2.05, 4.69) is 5.32 Å². The molecule has 1 aliphatic rings. The second-order valence-electron chi connectivity index (χ2n) is 8.07. The number of piperidine rings is 1. The van der Waals surface area contributed by atoms with Crippen molar-refractivity contribution in [3.63, 3.8) is 0 Å². The lowest BCUT2D eigenvalue weighted by Gasteiger charge is -2.26. The number of nitrogens with zero attached hydrogens (tertiary/aromatic N) is 2. The molecule has 32 heavy (non-hydrogen) atoms. The van der Waals surface area contributed by atoms with E-state index in [0.717, 1.165) is 30.6 Å². The molecule has 1 N–H and O–H groups in total. The van der Waals surface area contributed by atoms with Crippen LogP contribution in [0.3, 0.4) is 0 Å². The third kappa shape index (κ3) is 5.61. The van der Waals surface area contributed by atoms with E-state index in [1.807, 2.05) is 43.3 Å². The van der Waals surface area contributed by atoms with E-state index in [9.17, 15) is 13.2 Å². The third-order valence-electron chi connectivity index (χ3n) is 5.72. The molecule has 1 atom stereocenters. The SMILES string of the molecule is COc1ccc(C(CNC(=O)c2cc(S(=O)(=O)N3CCCCC3)ccc2Cl)N(C)C)cc1. The number of hydrogen-bond acceptors (Lipinski definition) is 5. The fourth-order valence-corrected chi connectivity index (χ4v) is 5.55. The van der Waals surface area contributed by atoms with Gasteiger partial charge in [-0.1, -0.05) is 30.2 Å². The smallest absolute Gasteiger partial charge is 0.252 e. The van der Waals surface area contributed by atoms with Gasteiger partial charge in [-0.25, -0.2) is 8.42 Å². The summed E-state index contributed by atoms with van der Waals surface area (Å²) in [6, 6.07) is 11.9. The van der Waals surface area contributed by atoms with Crippen molar-refractivity contribution in [2.75, 3.05) is 40.8 Å². The lowest BCUT2D eigenvalue weighted by molar-refractivity contribution is 0.0942. The Morgan fingerprint density at radius 2 is 1.78 bits per heavy atom. The van der Waals surface area contributed by atoms with Crippen LogP contribution in [0.5, 0.6) is 5.75 Å². The van der Waals surface area contributed by atoms with Crippen LogP contribution in [-0.4, -0.2) is 64.4 Å². The second-order valence-corrected chi connectivity index (χ2v) is 10.4. The molecule has 2 aromatic rings. The van der Waals surface area contributed by atoms with E-state index in [-0.39, 0.29) is 21.5 Å². The molecule has 0 radical (unpaired) electrons. The van der Waals surface area contributed by atoms with E-state index in [4.69, 9.17) is 16.3 Å². The number of halogens is 1. The van der Waals surface area contributed by atoms with E-state index in [1.165, 1.54) is 22.5 Å². The molecule has 1 unspecified atom stereocenters. The van der Waals surface area contributed by atoms with Crippen molar-refractivity contribution in [3.8, 4) is 5.75 Å². The van der Waals surface area contributed by atoms with Gasteiger partial charge in [0.05, 0.1) is 28.6 Å². The Morgan fingerprint density at radius 3 is 2.38 bits per heavy atom. The predicted molar refractivity (Wildman–Crippen MR) is 126 cm³/mol. The number of rotatable bonds is 8. The molecular weight excluding hydrogens is 450 g/mol. The molecule has 0 bridgehead atoms. The van der Waals surface area contributed by atoms with Gasteiger partial charge in [0.15, 0.2) is 0 Å². The molecule has 7 nitrogen and oxygen atoms in total. The molecule has 2 aromatic carbocycles. The molecule has 1 saturated heterocycles. The van der Waals surface area contributed by atoms with Crippen molar-refractivity contribution in [3.05, 3.63) is 58.6 Å². The number of sulfonamides is 1. The Labute approximate surface area is 195 Å². The maximum absolute atomic E-state index is 13.0. The van der Waals surface area contributed by atoms with Gasteiger partial charge in [0.2, 0.25) is 10.0 Å². The van der Waals surface area contributed by atoms with Crippen LogP contribution in [0.2, 0.25) is 5.02 Å². The molecule has 0 saturated carbocycles. The second kappa shape index (κ2) is 10.7. The molecule has 1 heterocycles. The van der Waals surface area contributed by atoms with Crippen molar-refractivity contribution in [1.82, 2.24) is 14.5 Å². The maximum Gasteiger partial charge on any atom is 0.252 e. The number of methoxy groups -OCH3 is 1. The van der Waals surface area contributed by atoms with Crippen LogP contribution in [-0.2, 0) is 10.0 Å². The Balaban J connectivity index is 1.77. The van der Waals surface area contributed by atoms with Crippen molar-refractivity contribution in [2.45, 2.75) is 30.2 Å². The van der Waals surface area contributed by atoms with E-state index in [1.54, 1.807) is 7.11 Å². The highest BCUT2D eigenvalue weighted by molar-refractivity contribution is 7.89. The van der Waals surface area contributed by atoms with Gasteiger partial charge in [-0.2, -0.15) is 4.31 Å². The number of nitrogens with one attached hydrogen (secondary N) is 1. The van der Waals surface area contributed by atoms with E-state index >= 15 is 0 Å². The zero-order chi connectivity index (χ0) is 23.3. The summed E-state index contributed by atoms with van der Waals surface area (Å²) in [4.78, 5) is 15.0. The minimum atomic E-state index is -3.65. The first-order valence-corrected chi connectivity index (χ1v) is 12.4. The van der Waals surface area contributed by atoms with Crippen LogP contribution in [0.15, 0.2) is 47.4 Å². The van der Waals surface area contributed by atoms with E-state index < -0.39 is 15.9 Å². The Bertz CT molecular complexity index is 1040. The lowest BCUT2D eigenvalue weighted by Crippen LogP contribution is -2.36. The van der Waals surface area contributed by atoms with Crippen LogP contribution < -0.4 is 10.1 Å². The summed E-state index contributed by atoms with van der Waals surface area (Å²) in [6.45, 7) is 1.33. The predicted octanol–water partition coefficient (Wildman–Crippen LogP) is 3.56. The Hall–Kier alpha value is -2.13. The van der Waals surface area contributed by atoms with Gasteiger partial charge in [0.1, 0.15) is 5.75 Å². The molecule has 1 aliphatic heterocycles. The topological polar surface area (TPSA) is 78.9 Å². The normalized spacial score (nSPS) is 16.0. The van der Waals surface area contributed by atoms with Crippen molar-refractivity contribution in [2.24, 2.45) is 0 Å². The summed E-state index contributed by atoms with van der Waals surface area (Å²) in [5.74, 6) is 0.347. The van der Waals surface area contributed by atoms with Gasteiger partial charge in [-0.05, 0) is 62.8 Å². The first kappa shape index (κ1) is 24.5. The van der Waals surface area contributed by atoms with Gasteiger partial charge < -0.3 is 15.0 Å². The summed E-state index contributed by atoms with van der Waals surface area (Å²) in [7, 11) is 1.82. The summed E-state index contributed by atoms with van der Waals surface area (Å²) in [5.41, 5.74) is 1.17. The number of carbonyl (C=O) groups is 1. The molecule has 1 amide bonds. The lowest BCUT2D eigenvalue weighted by atomic mass is 10.1. The van der Waals surface area contributed by atoms with Crippen molar-refractivity contribution in [1.29, 1.82) is 0 Å². The van der Waals surface area contributed by atoms with Gasteiger partial charge in [0, 0.05) is 19.6 Å². The highest BCUT2D eigenvalue weighted by Gasteiger charge is 2.27. The first-order valence-electron chi connectivity index (χ1n) is 10.6. The van der Waals surface area contributed by atoms with Gasteiger partial charge >= 0.3 is 0 Å². The van der Waals surface area contributed by atoms with Gasteiger partial charge in [-0.3, -0.25) is 4.79 Å². The maximum atomic E-state index is 13.0. The van der Waals surface area contributed by atoms with Crippen LogP contribution in [0.4, 0.5) is 0 Å². The quantitative estimate of drug-likeness (QED) is 0.626. The molecule has 0 spiro atoms. The van der Waals surface area contributed by atoms with Crippen LogP contribution >= 0.6 is 11.6 Å². The fraction of sp³-hybridized carbons (Fsp3) is 0.435. The number of amides is 1. The van der Waals surface area contributed by atoms with Gasteiger partial charge in [0.25, 0.3) is 5.91 Å². The molecule has 0 aromatic heterocycles. The number of carbonyl (C=O) groups excluding carboxylic acids is 1. The number of hydrogen-bond donors (Lipinski definition) is 1. The Kier molecular flexibility index (Phi) is 8.16. The summed E-state index contributed by atoms with van der Waals surface area (Å²) >= 11 is 6.26. The molecular formula is C23H30ClN3O4S. The first-order chi connectivity index (χ1) is 15.2. The third-order valence-corrected chi connectivity index (χ3v) is 7.94. The number of likely N-dealkylation sites (N-methyl/N-ethyl adjacent to an activating group) is 1. The molecule has 0 aliphatic carbocycles. The summed E-state index contributed by atoms with van der Waals surface area (Å²) in [5, 5.41) is 3.12. The molecule has 3 rings (SSSR count). The fourth-order valence-electron chi connectivity index (χ4n) is 3.80. The van der Waals surface area contributed by atoms with Crippen LogP contribution in [0.1, 0.15) is 41.2 Å². The zero-order valence-corrected chi connectivity index (χ0v) is 20.2. The highest BCUT2D eigenvalue weighted by atomic mass is 35.5. The number of benzene rings is 2. The van der Waals surface area contributed by atoms with Gasteiger partial charge in [-0.15, -0.1) is 0 Å². The van der Waals surface area contributed by atoms with Crippen LogP contribution in [0.25, 0.3) is 0 Å². The van der Waals surface area contributed by atoms with E-state index in [0.29, 0.717) is 19.6 Å². The summed E-state index contributed by atoms with van der Waals surface area (Å²) < 4.78 is 32.7. The molecule has 174 valence electrons. The van der Waals surface area contributed by atoms with Crippen molar-refractivity contribution < 1.29 is 17.9 Å². The zero-order valence-electron chi connectivity index (χ0n) is 18.7. The minimum absolute atomic E-state index is 0.0797. The monoisotopic (exact) mass is 479 g/mol. The Morgan fingerprint density at radius 1 is 1.12 bits per heavy atom. The minimum Gasteiger partial charge on any atom is -0.497 e. The van der Waals surface area contributed by atoms with Crippen LogP contribution in [0, 0.1) is 0 Å². The summed E-state index contributed by atoms with van der Waals surface area (Å²) in [6.07, 6.45) is 2.72. The molecule has 9 heteroatoms. The standard InChI is InChI=1S/C23H30ClN3O4S/c1-26(2)22(17-7-9-18(31-3)10-8-17)16-25-23(28)20-15-19(11-12-21(20)24)32(29,30)27-13-5-4-6-14-27/h7-12,15,22H,4-6,13-14,16H2,1-3H3,(H,25,28). The number of ether oxygens (including phenoxy) is 1. The van der Waals surface area contributed by atoms with Crippen molar-refractivity contribution >= 4 is 27.5 Å². The average molecular weight is 480 g/mol. The average Bonchev–Trinajstić information content (AvgIpc) is 2.80. The largest absolute Gasteiger partial charge is 0.497 e.